The Balaban J connectivity index is 1.45. The Bertz CT molecular complexity index is 916. The molecule has 2 aliphatic heterocycles. The smallest absolute Gasteiger partial charge is 0.414 e. The molecule has 1 fully saturated rings. The lowest BCUT2D eigenvalue weighted by molar-refractivity contribution is 0.136. The summed E-state index contributed by atoms with van der Waals surface area (Å²) in [5, 5.41) is 0.814. The molecule has 2 heterocycles. The molecule has 2 aliphatic rings. The van der Waals surface area contributed by atoms with E-state index in [1.165, 1.54) is 10.5 Å². The summed E-state index contributed by atoms with van der Waals surface area (Å²) in [6.07, 6.45) is 1.61. The van der Waals surface area contributed by atoms with Gasteiger partial charge in [0.25, 0.3) is 0 Å². The van der Waals surface area contributed by atoms with E-state index in [0.717, 1.165) is 52.2 Å². The number of carbonyl (C=O) groups excluding carboxylic acids is 1. The molecule has 28 heavy (non-hydrogen) atoms. The Morgan fingerprint density at radius 1 is 1.14 bits per heavy atom. The number of aryl methyl sites for hydroxylation is 2. The van der Waals surface area contributed by atoms with Crippen molar-refractivity contribution in [2.45, 2.75) is 44.2 Å². The van der Waals surface area contributed by atoms with E-state index >= 15 is 0 Å². The van der Waals surface area contributed by atoms with Gasteiger partial charge in [0.2, 0.25) is 0 Å². The Morgan fingerprint density at radius 2 is 1.89 bits per heavy atom. The predicted octanol–water partition coefficient (Wildman–Crippen LogP) is 6.35. The molecule has 148 valence electrons. The first kappa shape index (κ1) is 20.1. The molecule has 1 saturated heterocycles. The molecular weight excluding hydrogens is 460 g/mol. The zero-order valence-electron chi connectivity index (χ0n) is 15.9. The number of ether oxygens (including phenoxy) is 1. The minimum absolute atomic E-state index is 0.164. The first-order chi connectivity index (χ1) is 13.4. The Kier molecular flexibility index (Phi) is 5.93. The van der Waals surface area contributed by atoms with Crippen molar-refractivity contribution in [2.24, 2.45) is 0 Å². The number of cyclic esters (lactones) is 1. The second kappa shape index (κ2) is 8.27. The van der Waals surface area contributed by atoms with E-state index in [2.05, 4.69) is 33.2 Å². The first-order valence-electron chi connectivity index (χ1n) is 9.36. The third-order valence-electron chi connectivity index (χ3n) is 5.32. The molecule has 0 aromatic heterocycles. The van der Waals surface area contributed by atoms with Crippen LogP contribution in [0.15, 0.2) is 39.7 Å². The number of piperidine rings is 1. The van der Waals surface area contributed by atoms with Crippen LogP contribution in [0.2, 0.25) is 5.02 Å². The number of carbonyl (C=O) groups is 1. The van der Waals surface area contributed by atoms with Crippen molar-refractivity contribution in [3.8, 4) is 0 Å². The van der Waals surface area contributed by atoms with Crippen molar-refractivity contribution >= 4 is 51.3 Å². The molecule has 4 nitrogen and oxygen atoms in total. The number of nitrogens with zero attached hydrogens (tertiary/aromatic N) is 2. The molecule has 0 aliphatic carbocycles. The lowest BCUT2D eigenvalue weighted by atomic mass is 10.0. The number of anilines is 1. The molecule has 4 rings (SSSR count). The maximum Gasteiger partial charge on any atom is 0.414 e. The lowest BCUT2D eigenvalue weighted by Gasteiger charge is -2.40. The number of benzene rings is 2. The van der Waals surface area contributed by atoms with Gasteiger partial charge in [0.15, 0.2) is 0 Å². The summed E-state index contributed by atoms with van der Waals surface area (Å²) >= 11 is 11.5. The topological polar surface area (TPSA) is 32.8 Å². The lowest BCUT2D eigenvalue weighted by Crippen LogP contribution is -2.48. The standard InChI is InChI=1S/C21H22BrClN2O2S/c1-13-10-20(14(2)9-18(13)23)28-24-7-5-17(6-8-24)25-19-4-3-16(22)11-15(19)12-27-21(25)26/h3-4,9-11,17H,5-8,12H2,1-2H3. The highest BCUT2D eigenvalue weighted by Crippen LogP contribution is 2.36. The van der Waals surface area contributed by atoms with Gasteiger partial charge in [-0.2, -0.15) is 0 Å². The van der Waals surface area contributed by atoms with Gasteiger partial charge in [0.1, 0.15) is 6.61 Å². The van der Waals surface area contributed by atoms with Crippen LogP contribution in [0.25, 0.3) is 0 Å². The number of halogens is 2. The number of hydrogen-bond donors (Lipinski definition) is 0. The molecule has 0 saturated carbocycles. The van der Waals surface area contributed by atoms with Crippen LogP contribution in [0, 0.1) is 13.8 Å². The zero-order chi connectivity index (χ0) is 19.8. The minimum Gasteiger partial charge on any atom is -0.444 e. The molecule has 2 aromatic rings. The van der Waals surface area contributed by atoms with Crippen molar-refractivity contribution < 1.29 is 9.53 Å². The van der Waals surface area contributed by atoms with E-state index in [1.54, 1.807) is 11.9 Å². The molecule has 0 unspecified atom stereocenters. The second-order valence-corrected chi connectivity index (χ2v) is 9.78. The van der Waals surface area contributed by atoms with E-state index < -0.39 is 0 Å². The summed E-state index contributed by atoms with van der Waals surface area (Å²) in [6, 6.07) is 10.4. The van der Waals surface area contributed by atoms with Crippen LogP contribution < -0.4 is 4.90 Å². The molecule has 2 aromatic carbocycles. The van der Waals surface area contributed by atoms with Gasteiger partial charge in [-0.3, -0.25) is 4.90 Å². The predicted molar refractivity (Wildman–Crippen MR) is 118 cm³/mol. The largest absolute Gasteiger partial charge is 0.444 e. The first-order valence-corrected chi connectivity index (χ1v) is 11.3. The van der Waals surface area contributed by atoms with E-state index in [4.69, 9.17) is 16.3 Å². The van der Waals surface area contributed by atoms with Crippen molar-refractivity contribution in [3.05, 3.63) is 56.5 Å². The fourth-order valence-corrected chi connectivity index (χ4v) is 5.47. The maximum absolute atomic E-state index is 12.5. The highest BCUT2D eigenvalue weighted by Gasteiger charge is 2.34. The molecule has 0 bridgehead atoms. The molecule has 1 amide bonds. The molecule has 0 N–H and O–H groups in total. The van der Waals surface area contributed by atoms with Crippen LogP contribution in [0.5, 0.6) is 0 Å². The number of fused-ring (bicyclic) bond motifs is 1. The third-order valence-corrected chi connectivity index (χ3v) is 7.48. The Morgan fingerprint density at radius 3 is 2.64 bits per heavy atom. The average Bonchev–Trinajstić information content (AvgIpc) is 2.67. The summed E-state index contributed by atoms with van der Waals surface area (Å²) in [5.41, 5.74) is 4.33. The maximum atomic E-state index is 12.5. The average molecular weight is 482 g/mol. The van der Waals surface area contributed by atoms with Gasteiger partial charge in [0, 0.05) is 39.1 Å². The zero-order valence-corrected chi connectivity index (χ0v) is 19.0. The fraction of sp³-hybridized carbons (Fsp3) is 0.381. The van der Waals surface area contributed by atoms with Crippen molar-refractivity contribution in [2.75, 3.05) is 18.0 Å². The van der Waals surface area contributed by atoms with Gasteiger partial charge in [-0.15, -0.1) is 0 Å². The monoisotopic (exact) mass is 480 g/mol. The van der Waals surface area contributed by atoms with Gasteiger partial charge in [-0.25, -0.2) is 9.10 Å². The number of rotatable bonds is 3. The fourth-order valence-electron chi connectivity index (χ4n) is 3.74. The summed E-state index contributed by atoms with van der Waals surface area (Å²) in [7, 11) is 0. The molecule has 7 heteroatoms. The van der Waals surface area contributed by atoms with Gasteiger partial charge >= 0.3 is 6.09 Å². The quantitative estimate of drug-likeness (QED) is 0.478. The normalized spacial score (nSPS) is 18.1. The van der Waals surface area contributed by atoms with Crippen molar-refractivity contribution in [3.63, 3.8) is 0 Å². The van der Waals surface area contributed by atoms with Crippen LogP contribution in [0.3, 0.4) is 0 Å². The van der Waals surface area contributed by atoms with Crippen LogP contribution >= 0.6 is 39.5 Å². The molecule has 0 radical (unpaired) electrons. The molecule has 0 atom stereocenters. The second-order valence-electron chi connectivity index (χ2n) is 7.32. The number of amides is 1. The third kappa shape index (κ3) is 4.06. The van der Waals surface area contributed by atoms with Crippen molar-refractivity contribution in [1.82, 2.24) is 4.31 Å². The van der Waals surface area contributed by atoms with Crippen LogP contribution in [0.4, 0.5) is 10.5 Å². The summed E-state index contributed by atoms with van der Waals surface area (Å²) in [4.78, 5) is 15.6. The Labute approximate surface area is 183 Å². The highest BCUT2D eigenvalue weighted by atomic mass is 79.9. The van der Waals surface area contributed by atoms with Crippen LogP contribution in [-0.2, 0) is 11.3 Å². The number of hydrogen-bond acceptors (Lipinski definition) is 4. The summed E-state index contributed by atoms with van der Waals surface area (Å²) in [6.45, 7) is 6.32. The van der Waals surface area contributed by atoms with Gasteiger partial charge in [0.05, 0.1) is 5.69 Å². The van der Waals surface area contributed by atoms with E-state index in [0.29, 0.717) is 6.61 Å². The molecular formula is C21H22BrClN2O2S. The van der Waals surface area contributed by atoms with E-state index in [-0.39, 0.29) is 12.1 Å². The molecule has 0 spiro atoms. The van der Waals surface area contributed by atoms with Crippen LogP contribution in [0.1, 0.15) is 29.5 Å². The van der Waals surface area contributed by atoms with Crippen molar-refractivity contribution in [1.29, 1.82) is 0 Å². The Hall–Kier alpha value is -1.21. The van der Waals surface area contributed by atoms with Gasteiger partial charge in [-0.1, -0.05) is 27.5 Å². The highest BCUT2D eigenvalue weighted by molar-refractivity contribution is 9.10. The van der Waals surface area contributed by atoms with E-state index in [9.17, 15) is 4.79 Å². The SMILES string of the molecule is Cc1cc(SN2CCC(N3C(=O)OCc4cc(Br)ccc43)CC2)c(C)cc1Cl. The summed E-state index contributed by atoms with van der Waals surface area (Å²) in [5.74, 6) is 0. The van der Waals surface area contributed by atoms with Gasteiger partial charge < -0.3 is 4.74 Å². The van der Waals surface area contributed by atoms with Gasteiger partial charge in [-0.05, 0) is 80.1 Å². The minimum atomic E-state index is -0.231. The van der Waals surface area contributed by atoms with Crippen LogP contribution in [-0.4, -0.2) is 29.5 Å². The van der Waals surface area contributed by atoms with E-state index in [1.807, 2.05) is 36.1 Å². The summed E-state index contributed by atoms with van der Waals surface area (Å²) < 4.78 is 8.81.